The van der Waals surface area contributed by atoms with Crippen LogP contribution in [0.25, 0.3) is 110 Å². The van der Waals surface area contributed by atoms with E-state index in [2.05, 4.69) is 140 Å². The predicted molar refractivity (Wildman–Crippen MR) is 210 cm³/mol. The number of furan rings is 1. The Morgan fingerprint density at radius 2 is 1.04 bits per heavy atom. The van der Waals surface area contributed by atoms with Crippen molar-refractivity contribution in [1.82, 2.24) is 15.0 Å². The largest absolute Gasteiger partial charge is 0.454 e. The SMILES string of the molecule is c1ccc(-c2cc(-c3ccc4ccc5cccc6ccc3c4c56)nc(-c3ccc(-c4nc5c6ccccc6oc5c5ccccc45)cc3)n2)cc1. The Morgan fingerprint density at radius 1 is 0.392 bits per heavy atom. The Morgan fingerprint density at radius 3 is 1.86 bits per heavy atom. The Balaban J connectivity index is 1.09. The summed E-state index contributed by atoms with van der Waals surface area (Å²) in [4.78, 5) is 15.6. The molecule has 11 aromatic rings. The molecular weight excluding hydrogens is 623 g/mol. The first-order chi connectivity index (χ1) is 25.3. The van der Waals surface area contributed by atoms with Gasteiger partial charge in [0.05, 0.1) is 17.1 Å². The van der Waals surface area contributed by atoms with Crippen molar-refractivity contribution in [2.24, 2.45) is 0 Å². The molecular formula is C47H27N3O. The highest BCUT2D eigenvalue weighted by Gasteiger charge is 2.18. The molecule has 3 heterocycles. The average Bonchev–Trinajstić information content (AvgIpc) is 3.59. The topological polar surface area (TPSA) is 51.8 Å². The van der Waals surface area contributed by atoms with E-state index in [9.17, 15) is 0 Å². The van der Waals surface area contributed by atoms with Gasteiger partial charge in [0.25, 0.3) is 0 Å². The third-order valence-corrected chi connectivity index (χ3v) is 10.2. The van der Waals surface area contributed by atoms with Crippen molar-refractivity contribution >= 4 is 65.2 Å². The first-order valence-corrected chi connectivity index (χ1v) is 17.2. The van der Waals surface area contributed by atoms with E-state index in [4.69, 9.17) is 19.4 Å². The fraction of sp³-hybridized carbons (Fsp3) is 0. The van der Waals surface area contributed by atoms with Crippen LogP contribution in [0.2, 0.25) is 0 Å². The van der Waals surface area contributed by atoms with Gasteiger partial charge in [0.1, 0.15) is 11.1 Å². The van der Waals surface area contributed by atoms with Crippen LogP contribution in [0.15, 0.2) is 168 Å². The normalized spacial score (nSPS) is 11.9. The number of para-hydroxylation sites is 1. The highest BCUT2D eigenvalue weighted by atomic mass is 16.3. The summed E-state index contributed by atoms with van der Waals surface area (Å²) < 4.78 is 6.31. The zero-order chi connectivity index (χ0) is 33.5. The maximum atomic E-state index is 6.31. The van der Waals surface area contributed by atoms with Gasteiger partial charge in [0.2, 0.25) is 0 Å². The van der Waals surface area contributed by atoms with Gasteiger partial charge >= 0.3 is 0 Å². The van der Waals surface area contributed by atoms with E-state index < -0.39 is 0 Å². The molecule has 51 heavy (non-hydrogen) atoms. The second kappa shape index (κ2) is 10.8. The number of nitrogens with zero attached hydrogens (tertiary/aromatic N) is 3. The quantitative estimate of drug-likeness (QED) is 0.178. The second-order valence-electron chi connectivity index (χ2n) is 13.2. The Hall–Kier alpha value is -6.91. The van der Waals surface area contributed by atoms with Crippen molar-refractivity contribution in [2.45, 2.75) is 0 Å². The lowest BCUT2D eigenvalue weighted by atomic mass is 9.91. The smallest absolute Gasteiger partial charge is 0.161 e. The number of rotatable bonds is 4. The molecule has 0 aliphatic carbocycles. The van der Waals surface area contributed by atoms with Crippen LogP contribution in [0, 0.1) is 0 Å². The van der Waals surface area contributed by atoms with E-state index in [-0.39, 0.29) is 0 Å². The molecule has 0 saturated heterocycles. The maximum absolute atomic E-state index is 6.31. The van der Waals surface area contributed by atoms with Crippen LogP contribution in [0.5, 0.6) is 0 Å². The van der Waals surface area contributed by atoms with Crippen molar-refractivity contribution < 1.29 is 4.42 Å². The van der Waals surface area contributed by atoms with Crippen LogP contribution in [0.1, 0.15) is 0 Å². The molecule has 4 heteroatoms. The molecule has 4 nitrogen and oxygen atoms in total. The number of hydrogen-bond acceptors (Lipinski definition) is 4. The summed E-state index contributed by atoms with van der Waals surface area (Å²) in [6.45, 7) is 0. The van der Waals surface area contributed by atoms with E-state index in [1.54, 1.807) is 0 Å². The minimum Gasteiger partial charge on any atom is -0.454 e. The molecule has 0 amide bonds. The predicted octanol–water partition coefficient (Wildman–Crippen LogP) is 12.5. The summed E-state index contributed by atoms with van der Waals surface area (Å²) in [5.74, 6) is 0.678. The Labute approximate surface area is 292 Å². The van der Waals surface area contributed by atoms with E-state index in [1.807, 2.05) is 24.3 Å². The van der Waals surface area contributed by atoms with Crippen molar-refractivity contribution in [1.29, 1.82) is 0 Å². The number of fused-ring (bicyclic) bond motifs is 5. The number of pyridine rings is 1. The molecule has 0 radical (unpaired) electrons. The van der Waals surface area contributed by atoms with Gasteiger partial charge in [0, 0.05) is 38.4 Å². The summed E-state index contributed by atoms with van der Waals surface area (Å²) in [7, 11) is 0. The molecule has 0 spiro atoms. The highest BCUT2D eigenvalue weighted by Crippen LogP contribution is 2.41. The Bertz CT molecular complexity index is 3110. The van der Waals surface area contributed by atoms with Gasteiger partial charge in [-0.3, -0.25) is 0 Å². The molecule has 11 rings (SSSR count). The first-order valence-electron chi connectivity index (χ1n) is 17.2. The molecule has 0 atom stereocenters. The number of aromatic nitrogens is 3. The molecule has 0 fully saturated rings. The summed E-state index contributed by atoms with van der Waals surface area (Å²) in [6.07, 6.45) is 0. The van der Waals surface area contributed by atoms with Crippen molar-refractivity contribution in [3.05, 3.63) is 164 Å². The monoisotopic (exact) mass is 649 g/mol. The van der Waals surface area contributed by atoms with Crippen LogP contribution in [0.4, 0.5) is 0 Å². The zero-order valence-corrected chi connectivity index (χ0v) is 27.3. The van der Waals surface area contributed by atoms with Crippen LogP contribution >= 0.6 is 0 Å². The summed E-state index contributed by atoms with van der Waals surface area (Å²) in [6, 6.07) is 57.3. The summed E-state index contributed by atoms with van der Waals surface area (Å²) in [5, 5.41) is 10.6. The summed E-state index contributed by atoms with van der Waals surface area (Å²) in [5.41, 5.74) is 9.34. The molecule has 0 aliphatic heterocycles. The van der Waals surface area contributed by atoms with Gasteiger partial charge in [0.15, 0.2) is 11.4 Å². The van der Waals surface area contributed by atoms with Crippen molar-refractivity contribution in [3.8, 4) is 45.2 Å². The number of benzene rings is 8. The molecule has 0 N–H and O–H groups in total. The fourth-order valence-electron chi connectivity index (χ4n) is 7.81. The maximum Gasteiger partial charge on any atom is 0.161 e. The van der Waals surface area contributed by atoms with E-state index in [0.717, 1.165) is 72.2 Å². The Kier molecular flexibility index (Phi) is 5.92. The standard InChI is InChI=1S/C47H27N3O/c1-2-9-28(10-3-1)39-27-40(34-25-23-31-18-17-29-11-8-12-30-24-26-35(34)43(31)42(29)30)49-47(48-39)33-21-19-32(20-22-33)44-36-13-4-5-14-37(36)46-45(50-44)38-15-6-7-16-41(38)51-46/h1-27H. The molecule has 3 aromatic heterocycles. The van der Waals surface area contributed by atoms with Gasteiger partial charge in [-0.2, -0.15) is 0 Å². The molecule has 0 saturated carbocycles. The second-order valence-corrected chi connectivity index (χ2v) is 13.2. The van der Waals surface area contributed by atoms with Gasteiger partial charge in [-0.25, -0.2) is 15.0 Å². The van der Waals surface area contributed by atoms with E-state index in [0.29, 0.717) is 5.82 Å². The molecule has 236 valence electrons. The lowest BCUT2D eigenvalue weighted by Gasteiger charge is -2.15. The van der Waals surface area contributed by atoms with Gasteiger partial charge in [-0.1, -0.05) is 146 Å². The van der Waals surface area contributed by atoms with Crippen LogP contribution in [-0.4, -0.2) is 15.0 Å². The minimum atomic E-state index is 0.678. The summed E-state index contributed by atoms with van der Waals surface area (Å²) >= 11 is 0. The van der Waals surface area contributed by atoms with Crippen LogP contribution < -0.4 is 0 Å². The third-order valence-electron chi connectivity index (χ3n) is 10.2. The van der Waals surface area contributed by atoms with Gasteiger partial charge in [-0.05, 0) is 50.5 Å². The van der Waals surface area contributed by atoms with Crippen molar-refractivity contribution in [2.75, 3.05) is 0 Å². The highest BCUT2D eigenvalue weighted by molar-refractivity contribution is 6.25. The van der Waals surface area contributed by atoms with Gasteiger partial charge < -0.3 is 4.42 Å². The van der Waals surface area contributed by atoms with E-state index >= 15 is 0 Å². The average molecular weight is 650 g/mol. The molecule has 8 aromatic carbocycles. The minimum absolute atomic E-state index is 0.678. The van der Waals surface area contributed by atoms with Gasteiger partial charge in [-0.15, -0.1) is 0 Å². The molecule has 0 aliphatic rings. The molecule has 0 unspecified atom stereocenters. The van der Waals surface area contributed by atoms with Crippen LogP contribution in [-0.2, 0) is 0 Å². The lowest BCUT2D eigenvalue weighted by molar-refractivity contribution is 0.672. The zero-order valence-electron chi connectivity index (χ0n) is 27.3. The van der Waals surface area contributed by atoms with Crippen molar-refractivity contribution in [3.63, 3.8) is 0 Å². The fourth-order valence-corrected chi connectivity index (χ4v) is 7.81. The lowest BCUT2D eigenvalue weighted by Crippen LogP contribution is -1.97. The third kappa shape index (κ3) is 4.30. The number of hydrogen-bond donors (Lipinski definition) is 0. The van der Waals surface area contributed by atoms with Crippen LogP contribution in [0.3, 0.4) is 0 Å². The first kappa shape index (κ1) is 28.0. The van der Waals surface area contributed by atoms with E-state index in [1.165, 1.54) is 32.3 Å². The molecule has 0 bridgehead atoms.